The third kappa shape index (κ3) is 8.18. The molecule has 0 radical (unpaired) electrons. The summed E-state index contributed by atoms with van der Waals surface area (Å²) in [7, 11) is 0. The zero-order valence-electron chi connectivity index (χ0n) is 22.2. The number of amides is 2. The highest BCUT2D eigenvalue weighted by atomic mass is 19.4. The lowest BCUT2D eigenvalue weighted by Crippen LogP contribution is -2.32. The first kappa shape index (κ1) is 29.4. The molecule has 0 unspecified atom stereocenters. The van der Waals surface area contributed by atoms with E-state index >= 15 is 0 Å². The highest BCUT2D eigenvalue weighted by Crippen LogP contribution is 2.34. The molecule has 4 aromatic carbocycles. The molecule has 0 heterocycles. The Hall–Kier alpha value is -4.63. The number of nitrogens with zero attached hydrogens (tertiary/aromatic N) is 1. The van der Waals surface area contributed by atoms with Gasteiger partial charge in [0, 0.05) is 25.9 Å². The quantitative estimate of drug-likeness (QED) is 0.217. The summed E-state index contributed by atoms with van der Waals surface area (Å²) >= 11 is 0. The summed E-state index contributed by atoms with van der Waals surface area (Å²) in [6.07, 6.45) is -4.88. The van der Waals surface area contributed by atoms with Crippen molar-refractivity contribution in [1.82, 2.24) is 5.32 Å². The number of nitrogens with one attached hydrogen (secondary N) is 1. The number of carbonyl (C=O) groups excluding carboxylic acids is 2. The molecule has 2 amide bonds. The van der Waals surface area contributed by atoms with E-state index < -0.39 is 17.6 Å². The second-order valence-corrected chi connectivity index (χ2v) is 9.32. The van der Waals surface area contributed by atoms with E-state index in [1.165, 1.54) is 18.2 Å². The fourth-order valence-electron chi connectivity index (χ4n) is 4.29. The molecule has 0 atom stereocenters. The minimum atomic E-state index is -4.53. The number of alkyl halides is 3. The number of carbonyl (C=O) groups is 2. The first-order valence-corrected chi connectivity index (χ1v) is 13.1. The Morgan fingerprint density at radius 2 is 1.49 bits per heavy atom. The first-order chi connectivity index (χ1) is 19.7. The molecule has 3 N–H and O–H groups in total. The predicted molar refractivity (Wildman–Crippen MR) is 151 cm³/mol. The van der Waals surface area contributed by atoms with Crippen LogP contribution < -0.4 is 20.7 Å². The summed E-state index contributed by atoms with van der Waals surface area (Å²) < 4.78 is 46.0. The molecule has 41 heavy (non-hydrogen) atoms. The summed E-state index contributed by atoms with van der Waals surface area (Å²) in [5, 5.41) is 2.51. The minimum absolute atomic E-state index is 0.0461. The van der Waals surface area contributed by atoms with Crippen molar-refractivity contribution < 1.29 is 27.5 Å². The third-order valence-electron chi connectivity index (χ3n) is 6.37. The van der Waals surface area contributed by atoms with Crippen LogP contribution in [0.5, 0.6) is 11.5 Å². The second-order valence-electron chi connectivity index (χ2n) is 9.32. The Morgan fingerprint density at radius 3 is 2.24 bits per heavy atom. The van der Waals surface area contributed by atoms with E-state index in [4.69, 9.17) is 10.5 Å². The highest BCUT2D eigenvalue weighted by molar-refractivity contribution is 5.96. The number of anilines is 1. The van der Waals surface area contributed by atoms with Gasteiger partial charge < -0.3 is 20.7 Å². The second kappa shape index (κ2) is 13.6. The molecular formula is C32H30F3N3O3. The van der Waals surface area contributed by atoms with E-state index in [-0.39, 0.29) is 37.4 Å². The monoisotopic (exact) mass is 561 g/mol. The SMILES string of the molecule is NCc1cccc(Oc2ccccc2N(Cc2ccccc2)C(=O)CCC(=O)NCc2ccccc2C(F)(F)F)c1. The van der Waals surface area contributed by atoms with E-state index in [0.717, 1.165) is 17.2 Å². The van der Waals surface area contributed by atoms with Gasteiger partial charge in [0.25, 0.3) is 0 Å². The van der Waals surface area contributed by atoms with Crippen LogP contribution in [0.15, 0.2) is 103 Å². The molecule has 0 aromatic heterocycles. The number of hydrogen-bond donors (Lipinski definition) is 2. The van der Waals surface area contributed by atoms with Gasteiger partial charge in [-0.3, -0.25) is 9.59 Å². The molecule has 4 aromatic rings. The highest BCUT2D eigenvalue weighted by Gasteiger charge is 2.32. The normalized spacial score (nSPS) is 11.1. The Bertz CT molecular complexity index is 1480. The van der Waals surface area contributed by atoms with Gasteiger partial charge in [-0.1, -0.05) is 72.8 Å². The summed E-state index contributed by atoms with van der Waals surface area (Å²) in [6.45, 7) is 0.278. The van der Waals surface area contributed by atoms with Crippen LogP contribution in [0.25, 0.3) is 0 Å². The fourth-order valence-corrected chi connectivity index (χ4v) is 4.29. The smallest absolute Gasteiger partial charge is 0.416 e. The van der Waals surface area contributed by atoms with Gasteiger partial charge in [0.2, 0.25) is 11.8 Å². The average Bonchev–Trinajstić information content (AvgIpc) is 2.98. The van der Waals surface area contributed by atoms with Gasteiger partial charge >= 0.3 is 6.18 Å². The first-order valence-electron chi connectivity index (χ1n) is 13.1. The van der Waals surface area contributed by atoms with Crippen LogP contribution in [0.4, 0.5) is 18.9 Å². The van der Waals surface area contributed by atoms with Crippen LogP contribution in [0, 0.1) is 0 Å². The Balaban J connectivity index is 1.50. The number of para-hydroxylation sites is 2. The maximum absolute atomic E-state index is 13.5. The van der Waals surface area contributed by atoms with Gasteiger partial charge in [-0.2, -0.15) is 13.2 Å². The van der Waals surface area contributed by atoms with E-state index in [0.29, 0.717) is 23.7 Å². The van der Waals surface area contributed by atoms with Crippen LogP contribution in [0.2, 0.25) is 0 Å². The van der Waals surface area contributed by atoms with Gasteiger partial charge in [-0.25, -0.2) is 0 Å². The summed E-state index contributed by atoms with van der Waals surface area (Å²) in [4.78, 5) is 27.7. The lowest BCUT2D eigenvalue weighted by Gasteiger charge is -2.25. The molecule has 212 valence electrons. The lowest BCUT2D eigenvalue weighted by atomic mass is 10.1. The van der Waals surface area contributed by atoms with Crippen LogP contribution in [-0.4, -0.2) is 11.8 Å². The van der Waals surface area contributed by atoms with Crippen LogP contribution >= 0.6 is 0 Å². The van der Waals surface area contributed by atoms with Crippen molar-refractivity contribution >= 4 is 17.5 Å². The van der Waals surface area contributed by atoms with Crippen LogP contribution in [0.1, 0.15) is 35.1 Å². The van der Waals surface area contributed by atoms with Crippen molar-refractivity contribution in [3.05, 3.63) is 125 Å². The third-order valence-corrected chi connectivity index (χ3v) is 6.37. The van der Waals surface area contributed by atoms with Gasteiger partial charge in [0.05, 0.1) is 17.8 Å². The van der Waals surface area contributed by atoms with Crippen LogP contribution in [0.3, 0.4) is 0 Å². The molecule has 0 fully saturated rings. The standard InChI is InChI=1S/C32H30F3N3O3/c33-32(34,35)27-14-5-4-12-25(27)21-37-30(39)17-18-31(40)38(22-23-9-2-1-3-10-23)28-15-6-7-16-29(28)41-26-13-8-11-24(19-26)20-36/h1-16,19H,17-18,20-22,36H2,(H,37,39). The molecule has 0 bridgehead atoms. The van der Waals surface area contributed by atoms with Crippen molar-refractivity contribution in [3.8, 4) is 11.5 Å². The number of nitrogens with two attached hydrogens (primary N) is 1. The zero-order valence-corrected chi connectivity index (χ0v) is 22.2. The molecule has 0 saturated carbocycles. The number of ether oxygens (including phenoxy) is 1. The molecule has 4 rings (SSSR count). The number of halogens is 3. The van der Waals surface area contributed by atoms with E-state index in [1.807, 2.05) is 48.5 Å². The molecule has 0 aliphatic carbocycles. The molecule has 6 nitrogen and oxygen atoms in total. The Kier molecular flexibility index (Phi) is 9.76. The molecule has 9 heteroatoms. The number of benzene rings is 4. The topological polar surface area (TPSA) is 84.7 Å². The average molecular weight is 562 g/mol. The van der Waals surface area contributed by atoms with Crippen molar-refractivity contribution in [2.24, 2.45) is 5.73 Å². The zero-order chi connectivity index (χ0) is 29.2. The maximum atomic E-state index is 13.5. The molecule has 0 spiro atoms. The molecule has 0 aliphatic rings. The van der Waals surface area contributed by atoms with Gasteiger partial charge in [-0.15, -0.1) is 0 Å². The van der Waals surface area contributed by atoms with Gasteiger partial charge in [0.1, 0.15) is 5.75 Å². The maximum Gasteiger partial charge on any atom is 0.416 e. The molecular weight excluding hydrogens is 531 g/mol. The fraction of sp³-hybridized carbons (Fsp3) is 0.188. The summed E-state index contributed by atoms with van der Waals surface area (Å²) in [6, 6.07) is 28.9. The van der Waals surface area contributed by atoms with E-state index in [9.17, 15) is 22.8 Å². The number of hydrogen-bond acceptors (Lipinski definition) is 4. The number of rotatable bonds is 11. The van der Waals surface area contributed by atoms with E-state index in [1.54, 1.807) is 35.2 Å². The van der Waals surface area contributed by atoms with Crippen molar-refractivity contribution in [2.75, 3.05) is 4.90 Å². The van der Waals surface area contributed by atoms with Crippen molar-refractivity contribution in [2.45, 2.75) is 38.7 Å². The molecule has 0 saturated heterocycles. The largest absolute Gasteiger partial charge is 0.455 e. The summed E-state index contributed by atoms with van der Waals surface area (Å²) in [5.74, 6) is 0.134. The van der Waals surface area contributed by atoms with Crippen molar-refractivity contribution in [3.63, 3.8) is 0 Å². The Labute approximate surface area is 236 Å². The Morgan fingerprint density at radius 1 is 0.805 bits per heavy atom. The van der Waals surface area contributed by atoms with Gasteiger partial charge in [0.15, 0.2) is 5.75 Å². The lowest BCUT2D eigenvalue weighted by molar-refractivity contribution is -0.138. The van der Waals surface area contributed by atoms with Gasteiger partial charge in [-0.05, 0) is 47.0 Å². The van der Waals surface area contributed by atoms with E-state index in [2.05, 4.69) is 5.32 Å². The predicted octanol–water partition coefficient (Wildman–Crippen LogP) is 6.59. The summed E-state index contributed by atoms with van der Waals surface area (Å²) in [5.41, 5.74) is 7.18. The van der Waals surface area contributed by atoms with Crippen molar-refractivity contribution in [1.29, 1.82) is 0 Å². The minimum Gasteiger partial charge on any atom is -0.455 e. The molecule has 0 aliphatic heterocycles. The van der Waals surface area contributed by atoms with Crippen LogP contribution in [-0.2, 0) is 35.4 Å².